The number of nitrogens with zero attached hydrogens (tertiary/aromatic N) is 3. The highest BCUT2D eigenvalue weighted by Crippen LogP contribution is 2.27. The second-order valence-corrected chi connectivity index (χ2v) is 6.93. The van der Waals surface area contributed by atoms with Gasteiger partial charge >= 0.3 is 0 Å². The summed E-state index contributed by atoms with van der Waals surface area (Å²) in [4.78, 5) is 12.7. The zero-order valence-electron chi connectivity index (χ0n) is 16.1. The molecule has 0 atom stereocenters. The van der Waals surface area contributed by atoms with E-state index in [0.717, 1.165) is 11.1 Å². The first kappa shape index (κ1) is 20.3. The molecule has 2 aromatic carbocycles. The van der Waals surface area contributed by atoms with E-state index in [2.05, 4.69) is 10.4 Å². The maximum atomic E-state index is 13.2. The third-order valence-electron chi connectivity index (χ3n) is 4.49. The summed E-state index contributed by atoms with van der Waals surface area (Å²) in [5.74, 6) is -0.904. The van der Waals surface area contributed by atoms with Crippen molar-refractivity contribution in [3.8, 4) is 11.8 Å². The maximum Gasteiger partial charge on any atom is 0.266 e. The molecule has 29 heavy (non-hydrogen) atoms. The summed E-state index contributed by atoms with van der Waals surface area (Å²) in [6.07, 6.45) is 1.41. The van der Waals surface area contributed by atoms with Gasteiger partial charge in [-0.15, -0.1) is 0 Å². The number of anilines is 1. The van der Waals surface area contributed by atoms with Gasteiger partial charge < -0.3 is 5.32 Å². The molecule has 3 aromatic rings. The van der Waals surface area contributed by atoms with Crippen LogP contribution in [0.5, 0.6) is 0 Å². The second-order valence-electron chi connectivity index (χ2n) is 6.57. The van der Waals surface area contributed by atoms with E-state index in [-0.39, 0.29) is 16.5 Å². The van der Waals surface area contributed by atoms with Gasteiger partial charge in [0.25, 0.3) is 5.91 Å². The lowest BCUT2D eigenvalue weighted by molar-refractivity contribution is -0.112. The smallest absolute Gasteiger partial charge is 0.266 e. The molecule has 3 rings (SSSR count). The molecule has 0 unspecified atom stereocenters. The number of amides is 1. The van der Waals surface area contributed by atoms with Gasteiger partial charge in [-0.1, -0.05) is 29.8 Å². The maximum absolute atomic E-state index is 13.2. The van der Waals surface area contributed by atoms with Crippen LogP contribution < -0.4 is 5.32 Å². The number of aromatic nitrogens is 2. The van der Waals surface area contributed by atoms with Gasteiger partial charge in [-0.25, -0.2) is 9.07 Å². The second kappa shape index (κ2) is 8.29. The van der Waals surface area contributed by atoms with Crippen LogP contribution in [0.25, 0.3) is 11.8 Å². The molecule has 1 N–H and O–H groups in total. The number of aryl methyl sites for hydroxylation is 3. The van der Waals surface area contributed by atoms with Crippen LogP contribution >= 0.6 is 11.6 Å². The topological polar surface area (TPSA) is 70.7 Å². The molecule has 1 aromatic heterocycles. The highest BCUT2D eigenvalue weighted by molar-refractivity contribution is 6.31. The zero-order chi connectivity index (χ0) is 21.1. The molecule has 0 fully saturated rings. The molecule has 7 heteroatoms. The third-order valence-corrected chi connectivity index (χ3v) is 4.86. The molecule has 0 aliphatic rings. The Morgan fingerprint density at radius 3 is 2.38 bits per heavy atom. The highest BCUT2D eigenvalue weighted by atomic mass is 35.5. The van der Waals surface area contributed by atoms with Crippen LogP contribution in [0.1, 0.15) is 22.4 Å². The molecular formula is C22H18ClFN4O. The van der Waals surface area contributed by atoms with E-state index in [1.807, 2.05) is 38.1 Å². The van der Waals surface area contributed by atoms with E-state index in [1.165, 1.54) is 22.9 Å². The number of benzene rings is 2. The molecule has 5 nitrogen and oxygen atoms in total. The standard InChI is InChI=1S/C22H18ClFN4O/c1-13-5-4-6-14(2)20(13)26-22(29)16(12-25)11-19-15(3)27-28(21(19)23)18-9-7-17(24)8-10-18/h4-11H,1-3H3,(H,26,29)/b16-11-. The van der Waals surface area contributed by atoms with Crippen molar-refractivity contribution in [2.75, 3.05) is 5.32 Å². The van der Waals surface area contributed by atoms with Crippen molar-refractivity contribution in [3.63, 3.8) is 0 Å². The van der Waals surface area contributed by atoms with Crippen LogP contribution in [-0.2, 0) is 4.79 Å². The summed E-state index contributed by atoms with van der Waals surface area (Å²) in [7, 11) is 0. The summed E-state index contributed by atoms with van der Waals surface area (Å²) in [5.41, 5.74) is 3.91. The van der Waals surface area contributed by atoms with Gasteiger partial charge in [-0.2, -0.15) is 10.4 Å². The van der Waals surface area contributed by atoms with E-state index in [1.54, 1.807) is 19.1 Å². The number of hydrogen-bond acceptors (Lipinski definition) is 3. The Bertz CT molecular complexity index is 1140. The molecule has 0 spiro atoms. The SMILES string of the molecule is Cc1cccc(C)c1NC(=O)/C(C#N)=C\c1c(C)nn(-c2ccc(F)cc2)c1Cl. The van der Waals surface area contributed by atoms with Crippen molar-refractivity contribution in [1.82, 2.24) is 9.78 Å². The highest BCUT2D eigenvalue weighted by Gasteiger charge is 2.17. The summed E-state index contributed by atoms with van der Waals surface area (Å²) in [6, 6.07) is 13.3. The lowest BCUT2D eigenvalue weighted by atomic mass is 10.1. The van der Waals surface area contributed by atoms with Crippen LogP contribution in [0.4, 0.5) is 10.1 Å². The van der Waals surface area contributed by atoms with Crippen molar-refractivity contribution < 1.29 is 9.18 Å². The minimum atomic E-state index is -0.533. The fourth-order valence-corrected chi connectivity index (χ4v) is 3.24. The predicted octanol–water partition coefficient (Wildman–Crippen LogP) is 5.14. The van der Waals surface area contributed by atoms with Crippen molar-refractivity contribution in [1.29, 1.82) is 5.26 Å². The molecule has 0 saturated heterocycles. The van der Waals surface area contributed by atoms with Gasteiger partial charge in [-0.05, 0) is 62.2 Å². The van der Waals surface area contributed by atoms with Crippen molar-refractivity contribution in [2.45, 2.75) is 20.8 Å². The molecule has 1 amide bonds. The summed E-state index contributed by atoms with van der Waals surface area (Å²) < 4.78 is 14.6. The number of carbonyl (C=O) groups is 1. The average Bonchev–Trinajstić information content (AvgIpc) is 2.97. The Kier molecular flexibility index (Phi) is 5.81. The molecule has 0 aliphatic carbocycles. The first-order valence-corrected chi connectivity index (χ1v) is 9.20. The summed E-state index contributed by atoms with van der Waals surface area (Å²) >= 11 is 6.44. The first-order valence-electron chi connectivity index (χ1n) is 8.82. The number of para-hydroxylation sites is 1. The predicted molar refractivity (Wildman–Crippen MR) is 111 cm³/mol. The molecule has 0 radical (unpaired) electrons. The lowest BCUT2D eigenvalue weighted by Gasteiger charge is -2.10. The zero-order valence-corrected chi connectivity index (χ0v) is 16.9. The molecule has 0 aliphatic heterocycles. The van der Waals surface area contributed by atoms with Gasteiger partial charge in [0.1, 0.15) is 22.6 Å². The van der Waals surface area contributed by atoms with Crippen LogP contribution in [0.15, 0.2) is 48.0 Å². The van der Waals surface area contributed by atoms with E-state index < -0.39 is 5.91 Å². The monoisotopic (exact) mass is 408 g/mol. The fourth-order valence-electron chi connectivity index (χ4n) is 2.91. The van der Waals surface area contributed by atoms with Crippen molar-refractivity contribution in [3.05, 3.63) is 81.4 Å². The number of halogens is 2. The van der Waals surface area contributed by atoms with Gasteiger partial charge in [0.15, 0.2) is 0 Å². The average molecular weight is 409 g/mol. The van der Waals surface area contributed by atoms with Crippen molar-refractivity contribution >= 4 is 29.3 Å². The molecule has 0 saturated carbocycles. The van der Waals surface area contributed by atoms with Crippen LogP contribution in [0.2, 0.25) is 5.15 Å². The lowest BCUT2D eigenvalue weighted by Crippen LogP contribution is -2.15. The number of nitriles is 1. The number of carbonyl (C=O) groups excluding carboxylic acids is 1. The van der Waals surface area contributed by atoms with Gasteiger partial charge in [-0.3, -0.25) is 4.79 Å². The minimum absolute atomic E-state index is 0.101. The van der Waals surface area contributed by atoms with Gasteiger partial charge in [0.05, 0.1) is 11.4 Å². The Hall–Kier alpha value is -3.43. The van der Waals surface area contributed by atoms with Crippen molar-refractivity contribution in [2.24, 2.45) is 0 Å². The number of nitrogens with one attached hydrogen (secondary N) is 1. The van der Waals surface area contributed by atoms with Gasteiger partial charge in [0.2, 0.25) is 0 Å². The summed E-state index contributed by atoms with van der Waals surface area (Å²) in [6.45, 7) is 5.48. The molecule has 146 valence electrons. The normalized spacial score (nSPS) is 11.2. The molecule has 0 bridgehead atoms. The Balaban J connectivity index is 1.96. The minimum Gasteiger partial charge on any atom is -0.321 e. The Labute approximate surface area is 173 Å². The Morgan fingerprint density at radius 2 is 1.79 bits per heavy atom. The number of rotatable bonds is 4. The van der Waals surface area contributed by atoms with Crippen LogP contribution in [0.3, 0.4) is 0 Å². The van der Waals surface area contributed by atoms with E-state index >= 15 is 0 Å². The fraction of sp³-hybridized carbons (Fsp3) is 0.136. The van der Waals surface area contributed by atoms with E-state index in [4.69, 9.17) is 11.6 Å². The van der Waals surface area contributed by atoms with Gasteiger partial charge in [0, 0.05) is 11.3 Å². The number of hydrogen-bond donors (Lipinski definition) is 1. The van der Waals surface area contributed by atoms with Crippen LogP contribution in [-0.4, -0.2) is 15.7 Å². The quantitative estimate of drug-likeness (QED) is 0.480. The van der Waals surface area contributed by atoms with E-state index in [0.29, 0.717) is 22.6 Å². The molecular weight excluding hydrogens is 391 g/mol. The third kappa shape index (κ3) is 4.20. The van der Waals surface area contributed by atoms with E-state index in [9.17, 15) is 14.4 Å². The largest absolute Gasteiger partial charge is 0.321 e. The first-order chi connectivity index (χ1) is 13.8. The van der Waals surface area contributed by atoms with Crippen LogP contribution in [0, 0.1) is 37.9 Å². The Morgan fingerprint density at radius 1 is 1.17 bits per heavy atom. The summed E-state index contributed by atoms with van der Waals surface area (Å²) in [5, 5.41) is 16.9. The molecule has 1 heterocycles.